The first-order valence-corrected chi connectivity index (χ1v) is 7.43. The van der Waals surface area contributed by atoms with Gasteiger partial charge in [0.05, 0.1) is 11.3 Å². The predicted octanol–water partition coefficient (Wildman–Crippen LogP) is 3.41. The molecule has 0 saturated heterocycles. The third-order valence-electron chi connectivity index (χ3n) is 3.52. The average molecular weight is 288 g/mol. The molecule has 0 spiro atoms. The van der Waals surface area contributed by atoms with Crippen LogP contribution in [-0.2, 0) is 6.54 Å². The molecule has 2 rings (SSSR count). The van der Waals surface area contributed by atoms with E-state index in [1.54, 1.807) is 0 Å². The number of carbonyl (C=O) groups is 1. The Balaban J connectivity index is 2.56. The van der Waals surface area contributed by atoms with Crippen molar-refractivity contribution in [3.8, 4) is 11.3 Å². The summed E-state index contributed by atoms with van der Waals surface area (Å²) >= 11 is 0. The van der Waals surface area contributed by atoms with Crippen LogP contribution in [0.25, 0.3) is 11.3 Å². The van der Waals surface area contributed by atoms with E-state index < -0.39 is 0 Å². The summed E-state index contributed by atoms with van der Waals surface area (Å²) in [5.74, 6) is 0.484. The Bertz CT molecular complexity index is 650. The normalized spacial score (nSPS) is 11.6. The van der Waals surface area contributed by atoms with Gasteiger partial charge in [-0.2, -0.15) is 10.2 Å². The van der Waals surface area contributed by atoms with Crippen LogP contribution in [0.1, 0.15) is 55.5 Å². The van der Waals surface area contributed by atoms with E-state index in [2.05, 4.69) is 37.9 Å². The molecule has 21 heavy (non-hydrogen) atoms. The minimum absolute atomic E-state index is 0.287. The summed E-state index contributed by atoms with van der Waals surface area (Å²) in [7, 11) is 0. The van der Waals surface area contributed by atoms with E-state index in [1.165, 1.54) is 0 Å². The maximum absolute atomic E-state index is 11.4. The molecule has 5 heteroatoms. The summed E-state index contributed by atoms with van der Waals surface area (Å²) in [6, 6.07) is 0.287. The smallest absolute Gasteiger partial charge is 0.153 e. The van der Waals surface area contributed by atoms with Crippen molar-refractivity contribution in [3.05, 3.63) is 23.1 Å². The monoisotopic (exact) mass is 288 g/mol. The Labute approximate surface area is 126 Å². The zero-order valence-electron chi connectivity index (χ0n) is 13.7. The van der Waals surface area contributed by atoms with E-state index >= 15 is 0 Å². The average Bonchev–Trinajstić information content (AvgIpc) is 2.89. The SMILES string of the molecule is Cc1nn(C(C)C)c(C)c1-c1nn(CC(C)C)cc1C=O. The van der Waals surface area contributed by atoms with Gasteiger partial charge < -0.3 is 0 Å². The topological polar surface area (TPSA) is 52.7 Å². The molecule has 0 atom stereocenters. The Morgan fingerprint density at radius 2 is 1.86 bits per heavy atom. The lowest BCUT2D eigenvalue weighted by Gasteiger charge is -2.08. The molecule has 2 aromatic heterocycles. The summed E-state index contributed by atoms with van der Waals surface area (Å²) in [5, 5.41) is 9.20. The second-order valence-corrected chi connectivity index (χ2v) is 6.25. The zero-order chi connectivity index (χ0) is 15.7. The maximum Gasteiger partial charge on any atom is 0.153 e. The molecular weight excluding hydrogens is 264 g/mol. The first kappa shape index (κ1) is 15.5. The molecule has 2 aromatic rings. The second-order valence-electron chi connectivity index (χ2n) is 6.25. The molecule has 114 valence electrons. The molecule has 0 aromatic carbocycles. The van der Waals surface area contributed by atoms with E-state index in [9.17, 15) is 4.79 Å². The number of aldehydes is 1. The van der Waals surface area contributed by atoms with Crippen LogP contribution in [0.2, 0.25) is 0 Å². The van der Waals surface area contributed by atoms with Crippen molar-refractivity contribution < 1.29 is 4.79 Å². The molecule has 0 amide bonds. The molecule has 0 fully saturated rings. The van der Waals surface area contributed by atoms with Crippen LogP contribution >= 0.6 is 0 Å². The molecular formula is C16H24N4O. The molecule has 0 radical (unpaired) electrons. The third-order valence-corrected chi connectivity index (χ3v) is 3.52. The highest BCUT2D eigenvalue weighted by Crippen LogP contribution is 2.29. The number of carbonyl (C=O) groups excluding carboxylic acids is 1. The Kier molecular flexibility index (Phi) is 4.30. The van der Waals surface area contributed by atoms with E-state index in [0.717, 1.165) is 35.5 Å². The van der Waals surface area contributed by atoms with Gasteiger partial charge in [0.2, 0.25) is 0 Å². The van der Waals surface area contributed by atoms with Crippen molar-refractivity contribution in [3.63, 3.8) is 0 Å². The van der Waals surface area contributed by atoms with Gasteiger partial charge in [0, 0.05) is 30.0 Å². The molecule has 5 nitrogen and oxygen atoms in total. The summed E-state index contributed by atoms with van der Waals surface area (Å²) in [5.41, 5.74) is 4.32. The molecule has 0 aliphatic carbocycles. The highest BCUT2D eigenvalue weighted by atomic mass is 16.1. The zero-order valence-corrected chi connectivity index (χ0v) is 13.7. The van der Waals surface area contributed by atoms with Crippen LogP contribution in [-0.4, -0.2) is 25.8 Å². The number of hydrogen-bond donors (Lipinski definition) is 0. The van der Waals surface area contributed by atoms with Crippen LogP contribution in [0, 0.1) is 19.8 Å². The lowest BCUT2D eigenvalue weighted by atomic mass is 10.1. The van der Waals surface area contributed by atoms with Gasteiger partial charge in [-0.3, -0.25) is 14.2 Å². The predicted molar refractivity (Wildman–Crippen MR) is 83.5 cm³/mol. The first-order chi connectivity index (χ1) is 9.85. The fourth-order valence-corrected chi connectivity index (χ4v) is 2.69. The number of nitrogens with zero attached hydrogens (tertiary/aromatic N) is 4. The van der Waals surface area contributed by atoms with Crippen molar-refractivity contribution in [2.75, 3.05) is 0 Å². The standard InChI is InChI=1S/C16H24N4O/c1-10(2)7-19-8-14(9-21)16(18-19)15-12(5)17-20(11(3)4)13(15)6/h8-11H,7H2,1-6H3. The lowest BCUT2D eigenvalue weighted by Crippen LogP contribution is -2.05. The molecule has 0 aliphatic heterocycles. The summed E-state index contributed by atoms with van der Waals surface area (Å²) in [6.45, 7) is 13.3. The molecule has 0 saturated carbocycles. The Hall–Kier alpha value is -1.91. The highest BCUT2D eigenvalue weighted by Gasteiger charge is 2.20. The summed E-state index contributed by atoms with van der Waals surface area (Å²) in [6.07, 6.45) is 2.71. The fourth-order valence-electron chi connectivity index (χ4n) is 2.69. The van der Waals surface area contributed by atoms with Gasteiger partial charge in [0.15, 0.2) is 6.29 Å². The molecule has 0 unspecified atom stereocenters. The fraction of sp³-hybridized carbons (Fsp3) is 0.562. The van der Waals surface area contributed by atoms with Gasteiger partial charge in [-0.05, 0) is 33.6 Å². The number of hydrogen-bond acceptors (Lipinski definition) is 3. The van der Waals surface area contributed by atoms with Crippen LogP contribution in [0.4, 0.5) is 0 Å². The minimum Gasteiger partial charge on any atom is -0.298 e. The number of aryl methyl sites for hydroxylation is 1. The molecule has 0 aliphatic rings. The van der Waals surface area contributed by atoms with Gasteiger partial charge in [-0.25, -0.2) is 0 Å². The second kappa shape index (κ2) is 5.84. The quantitative estimate of drug-likeness (QED) is 0.792. The first-order valence-electron chi connectivity index (χ1n) is 7.43. The maximum atomic E-state index is 11.4. The molecule has 0 N–H and O–H groups in total. The van der Waals surface area contributed by atoms with E-state index in [4.69, 9.17) is 0 Å². The van der Waals surface area contributed by atoms with Crippen molar-refractivity contribution in [1.29, 1.82) is 0 Å². The lowest BCUT2D eigenvalue weighted by molar-refractivity contribution is 0.112. The molecule has 0 bridgehead atoms. The van der Waals surface area contributed by atoms with Gasteiger partial charge in [0.1, 0.15) is 5.69 Å². The van der Waals surface area contributed by atoms with Crippen molar-refractivity contribution in [2.45, 2.75) is 54.1 Å². The van der Waals surface area contributed by atoms with Crippen molar-refractivity contribution in [1.82, 2.24) is 19.6 Å². The van der Waals surface area contributed by atoms with Gasteiger partial charge >= 0.3 is 0 Å². The van der Waals surface area contributed by atoms with Gasteiger partial charge in [-0.1, -0.05) is 13.8 Å². The van der Waals surface area contributed by atoms with Gasteiger partial charge in [-0.15, -0.1) is 0 Å². The Morgan fingerprint density at radius 1 is 1.19 bits per heavy atom. The molecule has 2 heterocycles. The summed E-state index contributed by atoms with van der Waals surface area (Å²) < 4.78 is 3.84. The number of rotatable bonds is 5. The van der Waals surface area contributed by atoms with E-state index in [-0.39, 0.29) is 6.04 Å². The largest absolute Gasteiger partial charge is 0.298 e. The van der Waals surface area contributed by atoms with Crippen molar-refractivity contribution in [2.24, 2.45) is 5.92 Å². The van der Waals surface area contributed by atoms with Crippen LogP contribution in [0.15, 0.2) is 6.20 Å². The van der Waals surface area contributed by atoms with Crippen LogP contribution in [0.5, 0.6) is 0 Å². The van der Waals surface area contributed by atoms with Crippen LogP contribution < -0.4 is 0 Å². The Morgan fingerprint density at radius 3 is 2.33 bits per heavy atom. The highest BCUT2D eigenvalue weighted by molar-refractivity contribution is 5.86. The van der Waals surface area contributed by atoms with E-state index in [1.807, 2.05) is 29.4 Å². The summed E-state index contributed by atoms with van der Waals surface area (Å²) in [4.78, 5) is 11.4. The third kappa shape index (κ3) is 2.91. The van der Waals surface area contributed by atoms with Crippen LogP contribution in [0.3, 0.4) is 0 Å². The van der Waals surface area contributed by atoms with Gasteiger partial charge in [0.25, 0.3) is 0 Å². The van der Waals surface area contributed by atoms with E-state index in [0.29, 0.717) is 11.5 Å². The minimum atomic E-state index is 0.287. The number of aromatic nitrogens is 4. The van der Waals surface area contributed by atoms with Crippen molar-refractivity contribution >= 4 is 6.29 Å².